The third-order valence-corrected chi connectivity index (χ3v) is 2.60. The van der Waals surface area contributed by atoms with Crippen molar-refractivity contribution in [3.8, 4) is 5.75 Å². The zero-order valence-electron chi connectivity index (χ0n) is 11.4. The standard InChI is InChI=1S/C14H22O.H3N/c1-13(2,3)10-8-7-9-11(15)12(10)14(4,5)6;/h7-9,15H,1-6H3;1H3. The summed E-state index contributed by atoms with van der Waals surface area (Å²) in [5.41, 5.74) is 2.35. The van der Waals surface area contributed by atoms with E-state index in [-0.39, 0.29) is 17.0 Å². The Hall–Kier alpha value is -1.02. The van der Waals surface area contributed by atoms with E-state index in [0.29, 0.717) is 5.75 Å². The Labute approximate surface area is 99.3 Å². The van der Waals surface area contributed by atoms with Crippen molar-refractivity contribution >= 4 is 0 Å². The smallest absolute Gasteiger partial charge is 0.119 e. The van der Waals surface area contributed by atoms with Crippen molar-refractivity contribution < 1.29 is 5.11 Å². The van der Waals surface area contributed by atoms with Crippen molar-refractivity contribution in [1.29, 1.82) is 0 Å². The van der Waals surface area contributed by atoms with Gasteiger partial charge in [-0.05, 0) is 22.5 Å². The van der Waals surface area contributed by atoms with Gasteiger partial charge >= 0.3 is 0 Å². The number of aromatic hydroxyl groups is 1. The summed E-state index contributed by atoms with van der Waals surface area (Å²) < 4.78 is 0. The lowest BCUT2D eigenvalue weighted by Crippen LogP contribution is -2.21. The van der Waals surface area contributed by atoms with Gasteiger partial charge in [0.2, 0.25) is 0 Å². The second-order valence-electron chi connectivity index (χ2n) is 6.20. The summed E-state index contributed by atoms with van der Waals surface area (Å²) in [5.74, 6) is 0.412. The third kappa shape index (κ3) is 2.99. The number of hydrogen-bond donors (Lipinski definition) is 2. The molecule has 0 aliphatic heterocycles. The van der Waals surface area contributed by atoms with Gasteiger partial charge in [0.15, 0.2) is 0 Å². The first kappa shape index (κ1) is 15.0. The lowest BCUT2D eigenvalue weighted by molar-refractivity contribution is 0.435. The van der Waals surface area contributed by atoms with E-state index < -0.39 is 0 Å². The van der Waals surface area contributed by atoms with Crippen molar-refractivity contribution in [1.82, 2.24) is 6.15 Å². The van der Waals surface area contributed by atoms with Crippen molar-refractivity contribution in [3.63, 3.8) is 0 Å². The van der Waals surface area contributed by atoms with Crippen LogP contribution in [-0.2, 0) is 10.8 Å². The fourth-order valence-corrected chi connectivity index (χ4v) is 1.95. The summed E-state index contributed by atoms with van der Waals surface area (Å²) in [5, 5.41) is 9.99. The summed E-state index contributed by atoms with van der Waals surface area (Å²) in [6, 6.07) is 5.81. The van der Waals surface area contributed by atoms with Gasteiger partial charge in [0.25, 0.3) is 0 Å². The molecule has 0 saturated carbocycles. The van der Waals surface area contributed by atoms with Crippen LogP contribution in [0.25, 0.3) is 0 Å². The normalized spacial score (nSPS) is 12.1. The van der Waals surface area contributed by atoms with Gasteiger partial charge in [-0.25, -0.2) is 0 Å². The number of rotatable bonds is 0. The highest BCUT2D eigenvalue weighted by molar-refractivity contribution is 5.46. The maximum Gasteiger partial charge on any atom is 0.119 e. The van der Waals surface area contributed by atoms with Crippen LogP contribution in [0.5, 0.6) is 5.75 Å². The molecule has 4 N–H and O–H groups in total. The summed E-state index contributed by atoms with van der Waals surface area (Å²) >= 11 is 0. The maximum absolute atomic E-state index is 9.99. The quantitative estimate of drug-likeness (QED) is 0.694. The lowest BCUT2D eigenvalue weighted by Gasteiger charge is -2.30. The van der Waals surface area contributed by atoms with Crippen LogP contribution in [0.3, 0.4) is 0 Å². The molecule has 0 unspecified atom stereocenters. The molecular formula is C14H25NO. The van der Waals surface area contributed by atoms with Crippen LogP contribution in [0.1, 0.15) is 52.7 Å². The monoisotopic (exact) mass is 223 g/mol. The summed E-state index contributed by atoms with van der Waals surface area (Å²) in [4.78, 5) is 0. The van der Waals surface area contributed by atoms with E-state index in [1.54, 1.807) is 6.07 Å². The van der Waals surface area contributed by atoms with Crippen LogP contribution in [-0.4, -0.2) is 5.11 Å². The first-order valence-corrected chi connectivity index (χ1v) is 5.47. The molecule has 0 aliphatic carbocycles. The molecule has 0 amide bonds. The van der Waals surface area contributed by atoms with E-state index in [4.69, 9.17) is 0 Å². The van der Waals surface area contributed by atoms with Crippen LogP contribution in [0.15, 0.2) is 18.2 Å². The molecule has 0 aliphatic rings. The molecule has 0 saturated heterocycles. The number of phenols is 1. The molecule has 0 atom stereocenters. The topological polar surface area (TPSA) is 55.2 Å². The highest BCUT2D eigenvalue weighted by Crippen LogP contribution is 2.38. The van der Waals surface area contributed by atoms with Gasteiger partial charge in [-0.15, -0.1) is 0 Å². The van der Waals surface area contributed by atoms with Crippen LogP contribution in [0.2, 0.25) is 0 Å². The summed E-state index contributed by atoms with van der Waals surface area (Å²) in [7, 11) is 0. The van der Waals surface area contributed by atoms with E-state index in [1.165, 1.54) is 5.56 Å². The van der Waals surface area contributed by atoms with Gasteiger partial charge in [0.1, 0.15) is 5.75 Å². The molecule has 1 aromatic rings. The molecule has 0 bridgehead atoms. The van der Waals surface area contributed by atoms with Gasteiger partial charge in [0, 0.05) is 5.56 Å². The first-order valence-electron chi connectivity index (χ1n) is 5.47. The Morgan fingerprint density at radius 3 is 1.69 bits per heavy atom. The van der Waals surface area contributed by atoms with Crippen LogP contribution in [0.4, 0.5) is 0 Å². The summed E-state index contributed by atoms with van der Waals surface area (Å²) in [6.07, 6.45) is 0. The number of benzene rings is 1. The Bertz CT molecular complexity index is 356. The molecule has 2 nitrogen and oxygen atoms in total. The Morgan fingerprint density at radius 2 is 1.38 bits per heavy atom. The van der Waals surface area contributed by atoms with E-state index in [9.17, 15) is 5.11 Å². The largest absolute Gasteiger partial charge is 0.508 e. The van der Waals surface area contributed by atoms with Crippen LogP contribution in [0, 0.1) is 0 Å². The number of phenolic OH excluding ortho intramolecular Hbond substituents is 1. The molecule has 1 rings (SSSR count). The SMILES string of the molecule is CC(C)(C)c1cccc(O)c1C(C)(C)C.N. The predicted molar refractivity (Wildman–Crippen MR) is 70.5 cm³/mol. The molecule has 0 aromatic heterocycles. The molecule has 0 radical (unpaired) electrons. The maximum atomic E-state index is 9.99. The van der Waals surface area contributed by atoms with Gasteiger partial charge in [-0.1, -0.05) is 53.7 Å². The Kier molecular flexibility index (Phi) is 4.18. The third-order valence-electron chi connectivity index (χ3n) is 2.60. The molecule has 0 fully saturated rings. The first-order chi connectivity index (χ1) is 6.64. The van der Waals surface area contributed by atoms with Crippen LogP contribution >= 0.6 is 0 Å². The number of hydrogen-bond acceptors (Lipinski definition) is 2. The van der Waals surface area contributed by atoms with Gasteiger partial charge < -0.3 is 11.3 Å². The highest BCUT2D eigenvalue weighted by atomic mass is 16.3. The van der Waals surface area contributed by atoms with E-state index in [1.807, 2.05) is 6.07 Å². The lowest BCUT2D eigenvalue weighted by atomic mass is 9.75. The second-order valence-corrected chi connectivity index (χ2v) is 6.20. The summed E-state index contributed by atoms with van der Waals surface area (Å²) in [6.45, 7) is 12.9. The zero-order chi connectivity index (χ0) is 11.9. The minimum Gasteiger partial charge on any atom is -0.508 e. The van der Waals surface area contributed by atoms with Gasteiger partial charge in [0.05, 0.1) is 0 Å². The highest BCUT2D eigenvalue weighted by Gasteiger charge is 2.27. The van der Waals surface area contributed by atoms with Crippen LogP contribution < -0.4 is 6.15 Å². The molecule has 2 heteroatoms. The predicted octanol–water partition coefficient (Wildman–Crippen LogP) is 4.15. The van der Waals surface area contributed by atoms with E-state index in [2.05, 4.69) is 47.6 Å². The molecule has 0 heterocycles. The fraction of sp³-hybridized carbons (Fsp3) is 0.571. The minimum atomic E-state index is -0.0199. The average molecular weight is 223 g/mol. The van der Waals surface area contributed by atoms with Crippen molar-refractivity contribution in [2.75, 3.05) is 0 Å². The molecular weight excluding hydrogens is 198 g/mol. The Morgan fingerprint density at radius 1 is 0.875 bits per heavy atom. The zero-order valence-corrected chi connectivity index (χ0v) is 11.4. The molecule has 92 valence electrons. The second kappa shape index (κ2) is 4.46. The van der Waals surface area contributed by atoms with E-state index >= 15 is 0 Å². The fourth-order valence-electron chi connectivity index (χ4n) is 1.95. The minimum absolute atomic E-state index is 0. The van der Waals surface area contributed by atoms with Crippen molar-refractivity contribution in [2.45, 2.75) is 52.4 Å². The van der Waals surface area contributed by atoms with E-state index in [0.717, 1.165) is 5.56 Å². The molecule has 16 heavy (non-hydrogen) atoms. The van der Waals surface area contributed by atoms with Crippen molar-refractivity contribution in [3.05, 3.63) is 29.3 Å². The van der Waals surface area contributed by atoms with Gasteiger partial charge in [-0.3, -0.25) is 0 Å². The van der Waals surface area contributed by atoms with Crippen molar-refractivity contribution in [2.24, 2.45) is 0 Å². The van der Waals surface area contributed by atoms with Gasteiger partial charge in [-0.2, -0.15) is 0 Å². The molecule has 1 aromatic carbocycles. The Balaban J connectivity index is 0.00000225. The molecule has 0 spiro atoms. The average Bonchev–Trinajstić information content (AvgIpc) is 1.99.